The molecule has 1 heterocycles. The summed E-state index contributed by atoms with van der Waals surface area (Å²) in [6, 6.07) is 4.16. The molecule has 0 radical (unpaired) electrons. The summed E-state index contributed by atoms with van der Waals surface area (Å²) < 4.78 is 42.6. The lowest BCUT2D eigenvalue weighted by Gasteiger charge is -2.11. The molecule has 0 spiro atoms. The van der Waals surface area contributed by atoms with Gasteiger partial charge in [-0.15, -0.1) is 13.2 Å². The first-order chi connectivity index (χ1) is 9.80. The summed E-state index contributed by atoms with van der Waals surface area (Å²) in [4.78, 5) is 10.8. The average Bonchev–Trinajstić information content (AvgIpc) is 2.86. The summed E-state index contributed by atoms with van der Waals surface area (Å²) in [5.41, 5.74) is 0.979. The molecule has 0 amide bonds. The van der Waals surface area contributed by atoms with E-state index in [4.69, 9.17) is 0 Å². The van der Waals surface area contributed by atoms with Gasteiger partial charge in [0.05, 0.1) is 11.8 Å². The lowest BCUT2D eigenvalue weighted by molar-refractivity contribution is -0.274. The van der Waals surface area contributed by atoms with Crippen LogP contribution in [0.5, 0.6) is 5.75 Å². The van der Waals surface area contributed by atoms with E-state index in [9.17, 15) is 18.0 Å². The first-order valence-corrected chi connectivity index (χ1v) is 6.19. The van der Waals surface area contributed by atoms with E-state index >= 15 is 0 Å². The summed E-state index contributed by atoms with van der Waals surface area (Å²) in [5.74, 6) is -0.521. The molecule has 0 saturated heterocycles. The Labute approximate surface area is 119 Å². The number of carbonyl (C=O) groups excluding carboxylic acids is 1. The molecule has 0 bridgehead atoms. The molecule has 112 valence electrons. The summed E-state index contributed by atoms with van der Waals surface area (Å²) in [6.45, 7) is 3.87. The lowest BCUT2D eigenvalue weighted by Crippen LogP contribution is -2.18. The second-order valence-electron chi connectivity index (χ2n) is 4.72. The van der Waals surface area contributed by atoms with Crippen LogP contribution in [0, 0.1) is 0 Å². The van der Waals surface area contributed by atoms with Crippen LogP contribution in [0.4, 0.5) is 13.2 Å². The predicted octanol–water partition coefficient (Wildman–Crippen LogP) is 3.84. The van der Waals surface area contributed by atoms with E-state index in [1.54, 1.807) is 23.1 Å². The van der Waals surface area contributed by atoms with Crippen LogP contribution in [0.25, 0.3) is 11.1 Å². The minimum Gasteiger partial charge on any atom is -0.405 e. The maximum absolute atomic E-state index is 12.3. The molecule has 0 atom stereocenters. The van der Waals surface area contributed by atoms with Crippen molar-refractivity contribution in [3.05, 3.63) is 36.2 Å². The van der Waals surface area contributed by atoms with Crippen molar-refractivity contribution in [2.45, 2.75) is 26.3 Å². The molecule has 7 heteroatoms. The highest BCUT2D eigenvalue weighted by molar-refractivity contribution is 5.81. The Bertz CT molecular complexity index is 648. The smallest absolute Gasteiger partial charge is 0.405 e. The van der Waals surface area contributed by atoms with E-state index in [2.05, 4.69) is 9.84 Å². The molecule has 2 rings (SSSR count). The number of aromatic nitrogens is 2. The molecule has 0 fully saturated rings. The van der Waals surface area contributed by atoms with Crippen LogP contribution in [-0.4, -0.2) is 22.4 Å². The summed E-state index contributed by atoms with van der Waals surface area (Å²) in [5, 5.41) is 4.12. The normalized spacial score (nSPS) is 11.7. The molecule has 0 N–H and O–H groups in total. The van der Waals surface area contributed by atoms with Crippen LogP contribution >= 0.6 is 0 Å². The minimum absolute atomic E-state index is 0.138. The third-order valence-corrected chi connectivity index (χ3v) is 2.83. The molecular weight excluding hydrogens is 285 g/mol. The van der Waals surface area contributed by atoms with Gasteiger partial charge in [-0.2, -0.15) is 5.10 Å². The molecule has 1 aromatic heterocycles. The van der Waals surface area contributed by atoms with Crippen molar-refractivity contribution in [2.75, 3.05) is 0 Å². The minimum atomic E-state index is -4.85. The van der Waals surface area contributed by atoms with Gasteiger partial charge in [-0.25, -0.2) is 0 Å². The van der Waals surface area contributed by atoms with Gasteiger partial charge in [-0.1, -0.05) is 6.07 Å². The SMILES string of the molecule is CC(C)n1cc(-c2ccc(C=O)c(OC(F)(F)F)c2)cn1. The number of alkyl halides is 3. The second-order valence-corrected chi connectivity index (χ2v) is 4.72. The Morgan fingerprint density at radius 3 is 2.52 bits per heavy atom. The maximum atomic E-state index is 12.3. The highest BCUT2D eigenvalue weighted by Crippen LogP contribution is 2.30. The van der Waals surface area contributed by atoms with Crippen molar-refractivity contribution in [2.24, 2.45) is 0 Å². The van der Waals surface area contributed by atoms with Crippen LogP contribution < -0.4 is 4.74 Å². The summed E-state index contributed by atoms with van der Waals surface area (Å²) in [7, 11) is 0. The number of nitrogens with zero attached hydrogens (tertiary/aromatic N) is 2. The third kappa shape index (κ3) is 3.62. The van der Waals surface area contributed by atoms with Crippen LogP contribution in [0.3, 0.4) is 0 Å². The number of hydrogen-bond acceptors (Lipinski definition) is 3. The number of benzene rings is 1. The molecule has 0 saturated carbocycles. The van der Waals surface area contributed by atoms with Crippen LogP contribution in [0.1, 0.15) is 30.2 Å². The van der Waals surface area contributed by atoms with Gasteiger partial charge in [0, 0.05) is 17.8 Å². The second kappa shape index (κ2) is 5.59. The highest BCUT2D eigenvalue weighted by atomic mass is 19.4. The van der Waals surface area contributed by atoms with Crippen molar-refractivity contribution in [3.8, 4) is 16.9 Å². The zero-order chi connectivity index (χ0) is 15.6. The van der Waals surface area contributed by atoms with E-state index in [-0.39, 0.29) is 11.6 Å². The fourth-order valence-corrected chi connectivity index (χ4v) is 1.79. The van der Waals surface area contributed by atoms with Crippen LogP contribution in [-0.2, 0) is 0 Å². The molecule has 21 heavy (non-hydrogen) atoms. The van der Waals surface area contributed by atoms with Gasteiger partial charge in [-0.3, -0.25) is 9.48 Å². The Morgan fingerprint density at radius 2 is 2.00 bits per heavy atom. The van der Waals surface area contributed by atoms with Gasteiger partial charge in [0.2, 0.25) is 0 Å². The number of carbonyl (C=O) groups is 1. The van der Waals surface area contributed by atoms with E-state index in [0.29, 0.717) is 17.4 Å². The molecule has 2 aromatic rings. The first kappa shape index (κ1) is 15.1. The highest BCUT2D eigenvalue weighted by Gasteiger charge is 2.32. The first-order valence-electron chi connectivity index (χ1n) is 6.19. The topological polar surface area (TPSA) is 44.1 Å². The molecule has 0 aliphatic carbocycles. The van der Waals surface area contributed by atoms with Crippen molar-refractivity contribution in [3.63, 3.8) is 0 Å². The van der Waals surface area contributed by atoms with Crippen LogP contribution in [0.15, 0.2) is 30.6 Å². The largest absolute Gasteiger partial charge is 0.573 e. The van der Waals surface area contributed by atoms with Gasteiger partial charge < -0.3 is 4.74 Å². The lowest BCUT2D eigenvalue weighted by atomic mass is 10.1. The quantitative estimate of drug-likeness (QED) is 0.805. The number of rotatable bonds is 4. The third-order valence-electron chi connectivity index (χ3n) is 2.83. The van der Waals surface area contributed by atoms with Gasteiger partial charge in [0.1, 0.15) is 5.75 Å². The predicted molar refractivity (Wildman–Crippen MR) is 70.1 cm³/mol. The zero-order valence-electron chi connectivity index (χ0n) is 11.4. The van der Waals surface area contributed by atoms with Gasteiger partial charge in [0.25, 0.3) is 0 Å². The maximum Gasteiger partial charge on any atom is 0.573 e. The van der Waals surface area contributed by atoms with Gasteiger partial charge in [0.15, 0.2) is 6.29 Å². The van der Waals surface area contributed by atoms with E-state index < -0.39 is 12.1 Å². The van der Waals surface area contributed by atoms with E-state index in [1.807, 2.05) is 13.8 Å². The fourth-order valence-electron chi connectivity index (χ4n) is 1.79. The van der Waals surface area contributed by atoms with E-state index in [1.165, 1.54) is 12.1 Å². The van der Waals surface area contributed by atoms with Crippen molar-refractivity contribution in [1.29, 1.82) is 0 Å². The number of ether oxygens (including phenoxy) is 1. The van der Waals surface area contributed by atoms with Gasteiger partial charge in [-0.05, 0) is 31.5 Å². The van der Waals surface area contributed by atoms with Crippen molar-refractivity contribution >= 4 is 6.29 Å². The molecule has 4 nitrogen and oxygen atoms in total. The number of halogens is 3. The number of aldehydes is 1. The van der Waals surface area contributed by atoms with E-state index in [0.717, 1.165) is 0 Å². The Hall–Kier alpha value is -2.31. The standard InChI is InChI=1S/C14H13F3N2O2/c1-9(2)19-7-12(6-18-19)10-3-4-11(8-20)13(5-10)21-14(15,16)17/h3-9H,1-2H3. The molecule has 0 aliphatic heterocycles. The monoisotopic (exact) mass is 298 g/mol. The Balaban J connectivity index is 2.40. The molecule has 0 unspecified atom stereocenters. The fraction of sp³-hybridized carbons (Fsp3) is 0.286. The van der Waals surface area contributed by atoms with Crippen LogP contribution in [0.2, 0.25) is 0 Å². The zero-order valence-corrected chi connectivity index (χ0v) is 11.4. The van der Waals surface area contributed by atoms with Crippen molar-refractivity contribution in [1.82, 2.24) is 9.78 Å². The number of hydrogen-bond donors (Lipinski definition) is 0. The van der Waals surface area contributed by atoms with Gasteiger partial charge >= 0.3 is 6.36 Å². The average molecular weight is 298 g/mol. The van der Waals surface area contributed by atoms with Crippen molar-refractivity contribution < 1.29 is 22.7 Å². The Morgan fingerprint density at radius 1 is 1.29 bits per heavy atom. The molecular formula is C14H13F3N2O2. The summed E-state index contributed by atoms with van der Waals surface area (Å²) >= 11 is 0. The molecule has 0 aliphatic rings. The Kier molecular flexibility index (Phi) is 4.02. The summed E-state index contributed by atoms with van der Waals surface area (Å²) in [6.07, 6.45) is -1.26. The molecule has 1 aromatic carbocycles.